The van der Waals surface area contributed by atoms with Gasteiger partial charge in [0.2, 0.25) is 0 Å². The van der Waals surface area contributed by atoms with Crippen LogP contribution in [0.3, 0.4) is 0 Å². The Morgan fingerprint density at radius 2 is 1.48 bits per heavy atom. The van der Waals surface area contributed by atoms with Crippen LogP contribution >= 0.6 is 31.9 Å². The summed E-state index contributed by atoms with van der Waals surface area (Å²) in [6, 6.07) is 15.0. The van der Waals surface area contributed by atoms with E-state index in [1.807, 2.05) is 6.07 Å². The molecule has 0 aliphatic rings. The predicted molar refractivity (Wildman–Crippen MR) is 97.6 cm³/mol. The van der Waals surface area contributed by atoms with Gasteiger partial charge in [0.25, 0.3) is 0 Å². The van der Waals surface area contributed by atoms with Gasteiger partial charge in [-0.25, -0.2) is 0 Å². The molecule has 3 heteroatoms. The third-order valence-electron chi connectivity index (χ3n) is 3.59. The second-order valence-corrected chi connectivity index (χ2v) is 8.29. The molecule has 2 aromatic rings. The molecule has 1 unspecified atom stereocenters. The highest BCUT2D eigenvalue weighted by molar-refractivity contribution is 9.11. The molecular formula is C18H21Br2N. The SMILES string of the molecule is CC(C)(C)c1ccc(CC(N)c2cc(Br)cc(Br)c2)cc1. The van der Waals surface area contributed by atoms with Gasteiger partial charge >= 0.3 is 0 Å². The molecule has 2 rings (SSSR count). The fraction of sp³-hybridized carbons (Fsp3) is 0.333. The van der Waals surface area contributed by atoms with E-state index < -0.39 is 0 Å². The molecule has 0 radical (unpaired) electrons. The molecule has 0 heterocycles. The minimum atomic E-state index is -0.000660. The fourth-order valence-corrected chi connectivity index (χ4v) is 3.63. The van der Waals surface area contributed by atoms with Crippen LogP contribution in [0.1, 0.15) is 43.5 Å². The van der Waals surface area contributed by atoms with E-state index in [-0.39, 0.29) is 11.5 Å². The van der Waals surface area contributed by atoms with Crippen LogP contribution < -0.4 is 5.73 Å². The molecule has 21 heavy (non-hydrogen) atoms. The van der Waals surface area contributed by atoms with Crippen LogP contribution in [-0.2, 0) is 11.8 Å². The Morgan fingerprint density at radius 3 is 1.95 bits per heavy atom. The molecule has 0 aromatic heterocycles. The smallest absolute Gasteiger partial charge is 0.0336 e. The second kappa shape index (κ2) is 6.64. The summed E-state index contributed by atoms with van der Waals surface area (Å²) in [6.45, 7) is 6.69. The molecule has 1 atom stereocenters. The summed E-state index contributed by atoms with van der Waals surface area (Å²) in [5, 5.41) is 0. The minimum absolute atomic E-state index is 0.000660. The lowest BCUT2D eigenvalue weighted by atomic mass is 9.86. The monoisotopic (exact) mass is 409 g/mol. The minimum Gasteiger partial charge on any atom is -0.324 e. The summed E-state index contributed by atoms with van der Waals surface area (Å²) in [5.74, 6) is 0. The fourth-order valence-electron chi connectivity index (χ4n) is 2.30. The Morgan fingerprint density at radius 1 is 0.952 bits per heavy atom. The lowest BCUT2D eigenvalue weighted by Gasteiger charge is -2.20. The zero-order chi connectivity index (χ0) is 15.6. The van der Waals surface area contributed by atoms with Gasteiger partial charge in [-0.1, -0.05) is 76.9 Å². The van der Waals surface area contributed by atoms with Gasteiger partial charge in [-0.05, 0) is 46.7 Å². The van der Waals surface area contributed by atoms with Crippen LogP contribution in [0.15, 0.2) is 51.4 Å². The number of hydrogen-bond acceptors (Lipinski definition) is 1. The molecule has 2 N–H and O–H groups in total. The first-order valence-electron chi connectivity index (χ1n) is 7.07. The molecule has 1 nitrogen and oxygen atoms in total. The van der Waals surface area contributed by atoms with Crippen molar-refractivity contribution in [3.63, 3.8) is 0 Å². The maximum atomic E-state index is 6.35. The third-order valence-corrected chi connectivity index (χ3v) is 4.50. The lowest BCUT2D eigenvalue weighted by Crippen LogP contribution is -2.14. The second-order valence-electron chi connectivity index (χ2n) is 6.46. The van der Waals surface area contributed by atoms with Crippen molar-refractivity contribution in [1.82, 2.24) is 0 Å². The molecule has 2 aromatic carbocycles. The average molecular weight is 411 g/mol. The van der Waals surface area contributed by atoms with Crippen LogP contribution in [0.5, 0.6) is 0 Å². The van der Waals surface area contributed by atoms with Gasteiger partial charge in [0.15, 0.2) is 0 Å². The van der Waals surface area contributed by atoms with E-state index >= 15 is 0 Å². The first kappa shape index (κ1) is 16.7. The van der Waals surface area contributed by atoms with Gasteiger partial charge < -0.3 is 5.73 Å². The van der Waals surface area contributed by atoms with Crippen molar-refractivity contribution >= 4 is 31.9 Å². The number of hydrogen-bond donors (Lipinski definition) is 1. The maximum absolute atomic E-state index is 6.35. The largest absolute Gasteiger partial charge is 0.324 e. The van der Waals surface area contributed by atoms with Gasteiger partial charge in [0.1, 0.15) is 0 Å². The van der Waals surface area contributed by atoms with E-state index in [1.54, 1.807) is 0 Å². The predicted octanol–water partition coefficient (Wildman–Crippen LogP) is 5.75. The molecular weight excluding hydrogens is 390 g/mol. The number of nitrogens with two attached hydrogens (primary N) is 1. The topological polar surface area (TPSA) is 26.0 Å². The first-order chi connectivity index (χ1) is 9.75. The highest BCUT2D eigenvalue weighted by Gasteiger charge is 2.14. The van der Waals surface area contributed by atoms with E-state index in [2.05, 4.69) is 89.0 Å². The Kier molecular flexibility index (Phi) is 5.29. The Balaban J connectivity index is 2.14. The van der Waals surface area contributed by atoms with Gasteiger partial charge in [0, 0.05) is 15.0 Å². The van der Waals surface area contributed by atoms with Crippen LogP contribution in [0.25, 0.3) is 0 Å². The van der Waals surface area contributed by atoms with Gasteiger partial charge in [0.05, 0.1) is 0 Å². The molecule has 0 amide bonds. The Hall–Kier alpha value is -0.640. The van der Waals surface area contributed by atoms with E-state index in [0.717, 1.165) is 20.9 Å². The van der Waals surface area contributed by atoms with Crippen molar-refractivity contribution in [3.8, 4) is 0 Å². The lowest BCUT2D eigenvalue weighted by molar-refractivity contribution is 0.589. The van der Waals surface area contributed by atoms with E-state index in [1.165, 1.54) is 11.1 Å². The number of benzene rings is 2. The number of rotatable bonds is 3. The van der Waals surface area contributed by atoms with Crippen molar-refractivity contribution in [2.75, 3.05) is 0 Å². The molecule has 0 aliphatic heterocycles. The molecule has 0 spiro atoms. The maximum Gasteiger partial charge on any atom is 0.0336 e. The van der Waals surface area contributed by atoms with Crippen molar-refractivity contribution in [3.05, 3.63) is 68.1 Å². The molecule has 0 bridgehead atoms. The summed E-state index contributed by atoms with van der Waals surface area (Å²) in [4.78, 5) is 0. The standard InChI is InChI=1S/C18H21Br2N/c1-18(2,3)14-6-4-12(5-7-14)8-17(21)13-9-15(19)11-16(20)10-13/h4-7,9-11,17H,8,21H2,1-3H3. The third kappa shape index (κ3) is 4.67. The Labute approximate surface area is 144 Å². The van der Waals surface area contributed by atoms with Crippen molar-refractivity contribution in [1.29, 1.82) is 0 Å². The van der Waals surface area contributed by atoms with Gasteiger partial charge in [-0.2, -0.15) is 0 Å². The number of halogens is 2. The average Bonchev–Trinajstić information content (AvgIpc) is 2.37. The van der Waals surface area contributed by atoms with E-state index in [9.17, 15) is 0 Å². The molecule has 112 valence electrons. The summed E-state index contributed by atoms with van der Waals surface area (Å²) in [5.41, 5.74) is 10.3. The zero-order valence-corrected chi connectivity index (χ0v) is 15.8. The molecule has 0 aliphatic carbocycles. The van der Waals surface area contributed by atoms with Crippen LogP contribution in [0, 0.1) is 0 Å². The first-order valence-corrected chi connectivity index (χ1v) is 8.65. The molecule has 0 saturated heterocycles. The van der Waals surface area contributed by atoms with Crippen molar-refractivity contribution in [2.24, 2.45) is 5.73 Å². The summed E-state index contributed by atoms with van der Waals surface area (Å²) in [6.07, 6.45) is 0.841. The van der Waals surface area contributed by atoms with E-state index in [4.69, 9.17) is 5.73 Å². The van der Waals surface area contributed by atoms with Gasteiger partial charge in [-0.15, -0.1) is 0 Å². The van der Waals surface area contributed by atoms with Crippen molar-refractivity contribution in [2.45, 2.75) is 38.6 Å². The normalized spacial score (nSPS) is 13.2. The zero-order valence-electron chi connectivity index (χ0n) is 12.7. The van der Waals surface area contributed by atoms with Crippen LogP contribution in [-0.4, -0.2) is 0 Å². The molecule has 0 saturated carbocycles. The highest BCUT2D eigenvalue weighted by atomic mass is 79.9. The van der Waals surface area contributed by atoms with Crippen LogP contribution in [0.2, 0.25) is 0 Å². The summed E-state index contributed by atoms with van der Waals surface area (Å²) >= 11 is 7.03. The quantitative estimate of drug-likeness (QED) is 0.684. The highest BCUT2D eigenvalue weighted by Crippen LogP contribution is 2.26. The summed E-state index contributed by atoms with van der Waals surface area (Å²) in [7, 11) is 0. The molecule has 0 fully saturated rings. The Bertz CT molecular complexity index is 592. The summed E-state index contributed by atoms with van der Waals surface area (Å²) < 4.78 is 2.09. The van der Waals surface area contributed by atoms with E-state index in [0.29, 0.717) is 0 Å². The van der Waals surface area contributed by atoms with Gasteiger partial charge in [-0.3, -0.25) is 0 Å². The van der Waals surface area contributed by atoms with Crippen LogP contribution in [0.4, 0.5) is 0 Å². The van der Waals surface area contributed by atoms with Crippen molar-refractivity contribution < 1.29 is 0 Å².